The smallest absolute Gasteiger partial charge is 0.247 e. The lowest BCUT2D eigenvalue weighted by atomic mass is 10.0. The van der Waals surface area contributed by atoms with Crippen molar-refractivity contribution in [3.63, 3.8) is 0 Å². The molecule has 0 spiro atoms. The van der Waals surface area contributed by atoms with E-state index < -0.39 is 6.04 Å². The standard InChI is InChI=1S/C28H24ClFN2O3/c29-23-12-8-20(9-13-23)17-26(33)32(19-21-10-14-24(30)15-11-21)27(22-5-2-1-3-6-22)28(34)31-18-25-7-4-16-35-25/h1-16,27H,17-19H2,(H,31,34)/t27-/m0/s1. The molecule has 0 aliphatic carbocycles. The van der Waals surface area contributed by atoms with Gasteiger partial charge < -0.3 is 14.6 Å². The lowest BCUT2D eigenvalue weighted by Gasteiger charge is -2.31. The zero-order valence-corrected chi connectivity index (χ0v) is 19.6. The molecule has 35 heavy (non-hydrogen) atoms. The van der Waals surface area contributed by atoms with E-state index in [1.807, 2.05) is 30.3 Å². The van der Waals surface area contributed by atoms with Crippen LogP contribution in [0.5, 0.6) is 0 Å². The lowest BCUT2D eigenvalue weighted by Crippen LogP contribution is -2.43. The fraction of sp³-hybridized carbons (Fsp3) is 0.143. The Morgan fingerprint density at radius 1 is 0.886 bits per heavy atom. The minimum Gasteiger partial charge on any atom is -0.467 e. The largest absolute Gasteiger partial charge is 0.467 e. The second-order valence-corrected chi connectivity index (χ2v) is 8.50. The van der Waals surface area contributed by atoms with Crippen molar-refractivity contribution in [1.82, 2.24) is 10.2 Å². The Balaban J connectivity index is 1.67. The SMILES string of the molecule is O=C(NCc1ccco1)[C@H](c1ccccc1)N(Cc1ccc(F)cc1)C(=O)Cc1ccc(Cl)cc1. The summed E-state index contributed by atoms with van der Waals surface area (Å²) in [6.07, 6.45) is 1.61. The van der Waals surface area contributed by atoms with Crippen LogP contribution < -0.4 is 5.32 Å². The van der Waals surface area contributed by atoms with E-state index in [2.05, 4.69) is 5.32 Å². The summed E-state index contributed by atoms with van der Waals surface area (Å²) in [5, 5.41) is 3.45. The molecular weight excluding hydrogens is 467 g/mol. The topological polar surface area (TPSA) is 62.6 Å². The highest BCUT2D eigenvalue weighted by Crippen LogP contribution is 2.25. The van der Waals surface area contributed by atoms with Crippen LogP contribution in [-0.4, -0.2) is 16.7 Å². The third-order valence-corrected chi connectivity index (χ3v) is 5.80. The van der Waals surface area contributed by atoms with Gasteiger partial charge >= 0.3 is 0 Å². The van der Waals surface area contributed by atoms with Crippen molar-refractivity contribution >= 4 is 23.4 Å². The number of hydrogen-bond donors (Lipinski definition) is 1. The van der Waals surface area contributed by atoms with Gasteiger partial charge in [0.1, 0.15) is 17.6 Å². The molecule has 1 heterocycles. The first-order valence-corrected chi connectivity index (χ1v) is 11.5. The Kier molecular flexibility index (Phi) is 7.95. The molecule has 4 rings (SSSR count). The predicted molar refractivity (Wildman–Crippen MR) is 132 cm³/mol. The van der Waals surface area contributed by atoms with Gasteiger partial charge in [-0.2, -0.15) is 0 Å². The number of amides is 2. The molecule has 0 unspecified atom stereocenters. The molecule has 1 aromatic heterocycles. The molecular formula is C28H24ClFN2O3. The summed E-state index contributed by atoms with van der Waals surface area (Å²) in [5.41, 5.74) is 2.14. The molecule has 7 heteroatoms. The Morgan fingerprint density at radius 3 is 2.23 bits per heavy atom. The first-order valence-electron chi connectivity index (χ1n) is 11.1. The van der Waals surface area contributed by atoms with Gasteiger partial charge in [-0.1, -0.05) is 66.2 Å². The highest BCUT2D eigenvalue weighted by Gasteiger charge is 2.31. The van der Waals surface area contributed by atoms with Crippen LogP contribution in [0.3, 0.4) is 0 Å². The Bertz CT molecular complexity index is 1240. The molecule has 0 bridgehead atoms. The fourth-order valence-electron chi connectivity index (χ4n) is 3.78. The van der Waals surface area contributed by atoms with Crippen molar-refractivity contribution in [2.45, 2.75) is 25.6 Å². The summed E-state index contributed by atoms with van der Waals surface area (Å²) in [7, 11) is 0. The fourth-order valence-corrected chi connectivity index (χ4v) is 3.91. The molecule has 178 valence electrons. The van der Waals surface area contributed by atoms with Gasteiger partial charge in [-0.3, -0.25) is 9.59 Å². The molecule has 0 fully saturated rings. The Labute approximate surface area is 208 Å². The third kappa shape index (κ3) is 6.58. The third-order valence-electron chi connectivity index (χ3n) is 5.55. The molecule has 0 radical (unpaired) electrons. The Hall–Kier alpha value is -3.90. The number of rotatable bonds is 9. The summed E-state index contributed by atoms with van der Waals surface area (Å²) < 4.78 is 18.9. The van der Waals surface area contributed by atoms with Crippen molar-refractivity contribution < 1.29 is 18.4 Å². The van der Waals surface area contributed by atoms with E-state index >= 15 is 0 Å². The van der Waals surface area contributed by atoms with Gasteiger partial charge in [0.25, 0.3) is 0 Å². The van der Waals surface area contributed by atoms with E-state index in [0.29, 0.717) is 21.9 Å². The monoisotopic (exact) mass is 490 g/mol. The van der Waals surface area contributed by atoms with E-state index in [1.165, 1.54) is 23.3 Å². The lowest BCUT2D eigenvalue weighted by molar-refractivity contribution is -0.141. The van der Waals surface area contributed by atoms with Crippen LogP contribution in [0.15, 0.2) is 102 Å². The maximum atomic E-state index is 13.6. The van der Waals surface area contributed by atoms with E-state index in [1.54, 1.807) is 48.5 Å². The van der Waals surface area contributed by atoms with Crippen molar-refractivity contribution in [1.29, 1.82) is 0 Å². The molecule has 3 aromatic carbocycles. The number of nitrogens with one attached hydrogen (secondary N) is 1. The first kappa shape index (κ1) is 24.2. The Morgan fingerprint density at radius 2 is 1.57 bits per heavy atom. The number of halogens is 2. The van der Waals surface area contributed by atoms with Crippen LogP contribution >= 0.6 is 11.6 Å². The summed E-state index contributed by atoms with van der Waals surface area (Å²) in [6.45, 7) is 0.311. The van der Waals surface area contributed by atoms with Gasteiger partial charge in [-0.15, -0.1) is 0 Å². The summed E-state index contributed by atoms with van der Waals surface area (Å²) in [4.78, 5) is 28.7. The molecule has 0 aliphatic heterocycles. The zero-order chi connectivity index (χ0) is 24.6. The number of furan rings is 1. The van der Waals surface area contributed by atoms with Gasteiger partial charge in [-0.25, -0.2) is 4.39 Å². The molecule has 2 amide bonds. The summed E-state index contributed by atoms with van der Waals surface area (Å²) in [6, 6.07) is 24.6. The van der Waals surface area contributed by atoms with Crippen molar-refractivity contribution in [2.75, 3.05) is 0 Å². The quantitative estimate of drug-likeness (QED) is 0.327. The second kappa shape index (κ2) is 11.5. The predicted octanol–water partition coefficient (Wildman–Crippen LogP) is 5.70. The maximum absolute atomic E-state index is 13.6. The molecule has 0 saturated carbocycles. The number of nitrogens with zero attached hydrogens (tertiary/aromatic N) is 1. The number of benzene rings is 3. The summed E-state index contributed by atoms with van der Waals surface area (Å²) >= 11 is 5.99. The highest BCUT2D eigenvalue weighted by atomic mass is 35.5. The molecule has 1 N–H and O–H groups in total. The van der Waals surface area contributed by atoms with Crippen LogP contribution in [0.25, 0.3) is 0 Å². The van der Waals surface area contributed by atoms with E-state index in [-0.39, 0.29) is 37.1 Å². The van der Waals surface area contributed by atoms with Crippen molar-refractivity contribution in [3.05, 3.63) is 131 Å². The van der Waals surface area contributed by atoms with Crippen LogP contribution in [0.4, 0.5) is 4.39 Å². The van der Waals surface area contributed by atoms with Gasteiger partial charge in [0, 0.05) is 11.6 Å². The van der Waals surface area contributed by atoms with Gasteiger partial charge in [0.2, 0.25) is 11.8 Å². The van der Waals surface area contributed by atoms with Crippen molar-refractivity contribution in [2.24, 2.45) is 0 Å². The second-order valence-electron chi connectivity index (χ2n) is 8.06. The minimum absolute atomic E-state index is 0.0765. The molecule has 1 atom stereocenters. The van der Waals surface area contributed by atoms with Crippen LogP contribution in [0.2, 0.25) is 5.02 Å². The molecule has 0 aliphatic rings. The number of carbonyl (C=O) groups excluding carboxylic acids is 2. The molecule has 0 saturated heterocycles. The van der Waals surface area contributed by atoms with Crippen LogP contribution in [0.1, 0.15) is 28.5 Å². The number of carbonyl (C=O) groups is 2. The average molecular weight is 491 g/mol. The maximum Gasteiger partial charge on any atom is 0.247 e. The number of hydrogen-bond acceptors (Lipinski definition) is 3. The highest BCUT2D eigenvalue weighted by molar-refractivity contribution is 6.30. The van der Waals surface area contributed by atoms with Gasteiger partial charge in [0.15, 0.2) is 0 Å². The van der Waals surface area contributed by atoms with Crippen molar-refractivity contribution in [3.8, 4) is 0 Å². The minimum atomic E-state index is -0.906. The van der Waals surface area contributed by atoms with E-state index in [4.69, 9.17) is 16.0 Å². The average Bonchev–Trinajstić information content (AvgIpc) is 3.39. The van der Waals surface area contributed by atoms with Gasteiger partial charge in [0.05, 0.1) is 19.2 Å². The van der Waals surface area contributed by atoms with Gasteiger partial charge in [-0.05, 0) is 53.1 Å². The molecule has 4 aromatic rings. The van der Waals surface area contributed by atoms with Crippen LogP contribution in [0, 0.1) is 5.82 Å². The van der Waals surface area contributed by atoms with Crippen LogP contribution in [-0.2, 0) is 29.1 Å². The molecule has 5 nitrogen and oxygen atoms in total. The van der Waals surface area contributed by atoms with E-state index in [9.17, 15) is 14.0 Å². The summed E-state index contributed by atoms with van der Waals surface area (Å²) in [5.74, 6) is -0.371. The van der Waals surface area contributed by atoms with E-state index in [0.717, 1.165) is 5.56 Å². The first-order chi connectivity index (χ1) is 17.0. The zero-order valence-electron chi connectivity index (χ0n) is 18.9. The normalized spacial score (nSPS) is 11.6.